The molecular formula is C13H15NO2. The molecule has 1 aromatic carbocycles. The molecule has 0 aromatic heterocycles. The van der Waals surface area contributed by atoms with Gasteiger partial charge in [0, 0.05) is 18.2 Å². The molecule has 2 unspecified atom stereocenters. The molecule has 0 spiro atoms. The number of ketones is 1. The summed E-state index contributed by atoms with van der Waals surface area (Å²) in [6, 6.07) is 9.81. The molecule has 1 aliphatic carbocycles. The van der Waals surface area contributed by atoms with Crippen LogP contribution < -0.4 is 5.73 Å². The first-order chi connectivity index (χ1) is 7.72. The fraction of sp³-hybridized carbons (Fsp3) is 0.308. The van der Waals surface area contributed by atoms with E-state index >= 15 is 0 Å². The van der Waals surface area contributed by atoms with Gasteiger partial charge in [-0.15, -0.1) is 0 Å². The predicted octanol–water partition coefficient (Wildman–Crippen LogP) is 1.34. The summed E-state index contributed by atoms with van der Waals surface area (Å²) >= 11 is 0. The predicted molar refractivity (Wildman–Crippen MR) is 61.7 cm³/mol. The fourth-order valence-corrected chi connectivity index (χ4v) is 2.19. The smallest absolute Gasteiger partial charge is 0.163 e. The Kier molecular flexibility index (Phi) is 3.06. The van der Waals surface area contributed by atoms with Crippen LogP contribution in [0.1, 0.15) is 24.3 Å². The van der Waals surface area contributed by atoms with Crippen LogP contribution in [0.2, 0.25) is 0 Å². The molecule has 1 fully saturated rings. The second-order valence-electron chi connectivity index (χ2n) is 4.11. The van der Waals surface area contributed by atoms with E-state index in [0.717, 1.165) is 5.56 Å². The zero-order chi connectivity index (χ0) is 11.5. The third kappa shape index (κ3) is 1.99. The normalized spacial score (nSPS) is 28.3. The van der Waals surface area contributed by atoms with Gasteiger partial charge in [-0.1, -0.05) is 30.3 Å². The monoisotopic (exact) mass is 217 g/mol. The van der Waals surface area contributed by atoms with Gasteiger partial charge in [-0.3, -0.25) is 4.79 Å². The first-order valence-corrected chi connectivity index (χ1v) is 5.40. The van der Waals surface area contributed by atoms with Crippen LogP contribution in [0.5, 0.6) is 0 Å². The molecule has 16 heavy (non-hydrogen) atoms. The van der Waals surface area contributed by atoms with E-state index in [4.69, 9.17) is 5.73 Å². The third-order valence-corrected chi connectivity index (χ3v) is 3.07. The lowest BCUT2D eigenvalue weighted by Crippen LogP contribution is -2.29. The van der Waals surface area contributed by atoms with Crippen molar-refractivity contribution >= 4 is 5.78 Å². The number of aliphatic hydroxyl groups excluding tert-OH is 1. The van der Waals surface area contributed by atoms with Gasteiger partial charge in [0.2, 0.25) is 0 Å². The minimum absolute atomic E-state index is 0.0462. The zero-order valence-corrected chi connectivity index (χ0v) is 8.97. The first kappa shape index (κ1) is 10.9. The molecule has 0 radical (unpaired) electrons. The SMILES string of the molecule is N/C=C1/C(=O)CC(c2ccccc2)CC1O. The van der Waals surface area contributed by atoms with Crippen molar-refractivity contribution in [2.45, 2.75) is 24.9 Å². The molecule has 3 heteroatoms. The van der Waals surface area contributed by atoms with Crippen molar-refractivity contribution in [3.8, 4) is 0 Å². The molecule has 3 nitrogen and oxygen atoms in total. The Labute approximate surface area is 94.6 Å². The van der Waals surface area contributed by atoms with Gasteiger partial charge in [0.05, 0.1) is 6.10 Å². The maximum Gasteiger partial charge on any atom is 0.163 e. The number of benzene rings is 1. The van der Waals surface area contributed by atoms with E-state index < -0.39 is 6.10 Å². The molecule has 0 bridgehead atoms. The third-order valence-electron chi connectivity index (χ3n) is 3.07. The van der Waals surface area contributed by atoms with Gasteiger partial charge in [0.25, 0.3) is 0 Å². The van der Waals surface area contributed by atoms with Gasteiger partial charge in [-0.25, -0.2) is 0 Å². The molecule has 84 valence electrons. The Morgan fingerprint density at radius 2 is 2.00 bits per heavy atom. The highest BCUT2D eigenvalue weighted by atomic mass is 16.3. The summed E-state index contributed by atoms with van der Waals surface area (Å²) in [6.45, 7) is 0. The van der Waals surface area contributed by atoms with E-state index in [2.05, 4.69) is 0 Å². The van der Waals surface area contributed by atoms with Gasteiger partial charge in [0.1, 0.15) is 0 Å². The number of rotatable bonds is 1. The van der Waals surface area contributed by atoms with Crippen LogP contribution in [0.15, 0.2) is 42.1 Å². The van der Waals surface area contributed by atoms with E-state index in [9.17, 15) is 9.90 Å². The Balaban J connectivity index is 2.20. The minimum atomic E-state index is -0.726. The summed E-state index contributed by atoms with van der Waals surface area (Å²) < 4.78 is 0. The maximum atomic E-state index is 11.7. The number of hydrogen-bond donors (Lipinski definition) is 2. The molecule has 0 aliphatic heterocycles. The van der Waals surface area contributed by atoms with Crippen LogP contribution in [-0.2, 0) is 4.79 Å². The van der Waals surface area contributed by atoms with Gasteiger partial charge < -0.3 is 10.8 Å². The Morgan fingerprint density at radius 3 is 2.56 bits per heavy atom. The van der Waals surface area contributed by atoms with Gasteiger partial charge in [0.15, 0.2) is 5.78 Å². The highest BCUT2D eigenvalue weighted by molar-refractivity contribution is 5.97. The standard InChI is InChI=1S/C13H15NO2/c14-8-11-12(15)6-10(7-13(11)16)9-4-2-1-3-5-9/h1-5,8,10,12,15H,6-7,14H2/b11-8+. The Bertz CT molecular complexity index is 411. The molecule has 3 N–H and O–H groups in total. The average molecular weight is 217 g/mol. The number of nitrogens with two attached hydrogens (primary N) is 1. The van der Waals surface area contributed by atoms with Gasteiger partial charge in [-0.2, -0.15) is 0 Å². The molecule has 2 atom stereocenters. The highest BCUT2D eigenvalue weighted by Crippen LogP contribution is 2.33. The molecule has 1 aromatic rings. The lowest BCUT2D eigenvalue weighted by atomic mass is 9.79. The van der Waals surface area contributed by atoms with Crippen LogP contribution >= 0.6 is 0 Å². The average Bonchev–Trinajstić information content (AvgIpc) is 2.30. The number of hydrogen-bond acceptors (Lipinski definition) is 3. The number of Topliss-reactive ketones (excluding diaryl/α,β-unsaturated/α-hetero) is 1. The molecule has 0 heterocycles. The summed E-state index contributed by atoms with van der Waals surface area (Å²) in [7, 11) is 0. The largest absolute Gasteiger partial charge is 0.404 e. The van der Waals surface area contributed by atoms with E-state index in [-0.39, 0.29) is 11.7 Å². The number of carbonyl (C=O) groups excluding carboxylic acids is 1. The van der Waals surface area contributed by atoms with Crippen molar-refractivity contribution in [1.82, 2.24) is 0 Å². The Hall–Kier alpha value is -1.61. The molecule has 0 amide bonds. The highest BCUT2D eigenvalue weighted by Gasteiger charge is 2.31. The topological polar surface area (TPSA) is 63.3 Å². The minimum Gasteiger partial charge on any atom is -0.404 e. The molecule has 1 aliphatic rings. The van der Waals surface area contributed by atoms with E-state index in [1.165, 1.54) is 6.20 Å². The van der Waals surface area contributed by atoms with E-state index in [1.54, 1.807) is 0 Å². The van der Waals surface area contributed by atoms with E-state index in [0.29, 0.717) is 18.4 Å². The van der Waals surface area contributed by atoms with Gasteiger partial charge in [-0.05, 0) is 17.9 Å². The van der Waals surface area contributed by atoms with Gasteiger partial charge >= 0.3 is 0 Å². The quantitative estimate of drug-likeness (QED) is 0.698. The molecule has 1 saturated carbocycles. The lowest BCUT2D eigenvalue weighted by Gasteiger charge is -2.27. The van der Waals surface area contributed by atoms with Crippen molar-refractivity contribution in [3.05, 3.63) is 47.7 Å². The fourth-order valence-electron chi connectivity index (χ4n) is 2.19. The van der Waals surface area contributed by atoms with Crippen molar-refractivity contribution in [2.75, 3.05) is 0 Å². The van der Waals surface area contributed by atoms with Crippen molar-refractivity contribution < 1.29 is 9.90 Å². The van der Waals surface area contributed by atoms with Crippen LogP contribution in [0.3, 0.4) is 0 Å². The summed E-state index contributed by atoms with van der Waals surface area (Å²) in [5.74, 6) is 0.0579. The van der Waals surface area contributed by atoms with Crippen LogP contribution in [0.25, 0.3) is 0 Å². The maximum absolute atomic E-state index is 11.7. The molecule has 0 saturated heterocycles. The second kappa shape index (κ2) is 4.49. The van der Waals surface area contributed by atoms with Crippen molar-refractivity contribution in [2.24, 2.45) is 5.73 Å². The van der Waals surface area contributed by atoms with Crippen LogP contribution in [0.4, 0.5) is 0 Å². The lowest BCUT2D eigenvalue weighted by molar-refractivity contribution is -0.118. The van der Waals surface area contributed by atoms with Crippen molar-refractivity contribution in [3.63, 3.8) is 0 Å². The first-order valence-electron chi connectivity index (χ1n) is 5.40. The second-order valence-corrected chi connectivity index (χ2v) is 4.11. The summed E-state index contributed by atoms with van der Waals surface area (Å²) in [5, 5.41) is 9.80. The van der Waals surface area contributed by atoms with Crippen LogP contribution in [0, 0.1) is 0 Å². The Morgan fingerprint density at radius 1 is 1.31 bits per heavy atom. The number of aliphatic hydroxyl groups is 1. The molecule has 2 rings (SSSR count). The number of carbonyl (C=O) groups is 1. The summed E-state index contributed by atoms with van der Waals surface area (Å²) in [6.07, 6.45) is 1.51. The zero-order valence-electron chi connectivity index (χ0n) is 8.97. The summed E-state index contributed by atoms with van der Waals surface area (Å²) in [5.41, 5.74) is 6.78. The van der Waals surface area contributed by atoms with E-state index in [1.807, 2.05) is 30.3 Å². The van der Waals surface area contributed by atoms with Crippen molar-refractivity contribution in [1.29, 1.82) is 0 Å². The van der Waals surface area contributed by atoms with Crippen LogP contribution in [-0.4, -0.2) is 17.0 Å². The summed E-state index contributed by atoms with van der Waals surface area (Å²) in [4.78, 5) is 11.7. The molecular weight excluding hydrogens is 202 g/mol.